The summed E-state index contributed by atoms with van der Waals surface area (Å²) >= 11 is 3.40. The minimum absolute atomic E-state index is 0.0497. The number of benzene rings is 1. The van der Waals surface area contributed by atoms with Crippen molar-refractivity contribution in [2.24, 2.45) is 0 Å². The van der Waals surface area contributed by atoms with E-state index in [0.717, 1.165) is 23.9 Å². The zero-order chi connectivity index (χ0) is 19.9. The Bertz CT molecular complexity index is 679. The normalized spacial score (nSPS) is 13.7. The lowest BCUT2D eigenvalue weighted by atomic mass is 10.0. The molecule has 27 heavy (non-hydrogen) atoms. The minimum Gasteiger partial charge on any atom is -0.445 e. The van der Waals surface area contributed by atoms with Gasteiger partial charge in [-0.25, -0.2) is 4.98 Å². The number of aryl methyl sites for hydroxylation is 1. The van der Waals surface area contributed by atoms with Crippen LogP contribution in [-0.2, 0) is 10.8 Å². The van der Waals surface area contributed by atoms with Crippen LogP contribution < -0.4 is 0 Å². The van der Waals surface area contributed by atoms with Gasteiger partial charge in [-0.2, -0.15) is 0 Å². The molecule has 0 fully saturated rings. The van der Waals surface area contributed by atoms with E-state index in [1.807, 2.05) is 0 Å². The summed E-state index contributed by atoms with van der Waals surface area (Å²) in [6.07, 6.45) is 8.56. The van der Waals surface area contributed by atoms with Crippen molar-refractivity contribution in [1.29, 1.82) is 0 Å². The van der Waals surface area contributed by atoms with Crippen LogP contribution in [0.15, 0.2) is 45.6 Å². The van der Waals surface area contributed by atoms with Gasteiger partial charge < -0.3 is 8.84 Å². The molecule has 5 heteroatoms. The molecule has 0 aliphatic rings. The molecule has 0 bridgehead atoms. The predicted octanol–water partition coefficient (Wildman–Crippen LogP) is 7.69. The molecule has 1 atom stereocenters. The van der Waals surface area contributed by atoms with Crippen LogP contribution in [0.3, 0.4) is 0 Å². The average Bonchev–Trinajstić information content (AvgIpc) is 3.03. The Balaban J connectivity index is 1.83. The molecule has 1 unspecified atom stereocenters. The molecule has 3 nitrogen and oxygen atoms in total. The quantitative estimate of drug-likeness (QED) is 0.274. The lowest BCUT2D eigenvalue weighted by Crippen LogP contribution is -2.41. The van der Waals surface area contributed by atoms with Crippen molar-refractivity contribution in [3.63, 3.8) is 0 Å². The Kier molecular flexibility index (Phi) is 8.32. The highest BCUT2D eigenvalue weighted by Gasteiger charge is 2.40. The first kappa shape index (κ1) is 22.4. The Hall–Kier alpha value is -0.913. The number of aromatic nitrogens is 1. The third-order valence-corrected chi connectivity index (χ3v) is 10.4. The molecule has 0 saturated heterocycles. The molecule has 2 aromatic rings. The van der Waals surface area contributed by atoms with Crippen LogP contribution in [0.1, 0.15) is 70.4 Å². The van der Waals surface area contributed by atoms with E-state index in [9.17, 15) is 0 Å². The van der Waals surface area contributed by atoms with Gasteiger partial charge in [0.15, 0.2) is 8.32 Å². The molecule has 0 radical (unpaired) electrons. The number of unbranched alkanes of at least 4 members (excludes halogenated alkanes) is 3. The number of hydrogen-bond donors (Lipinski definition) is 0. The van der Waals surface area contributed by atoms with Gasteiger partial charge in [0.2, 0.25) is 5.89 Å². The van der Waals surface area contributed by atoms with Gasteiger partial charge in [-0.3, -0.25) is 0 Å². The van der Waals surface area contributed by atoms with Crippen molar-refractivity contribution in [3.8, 4) is 0 Å². The lowest BCUT2D eigenvalue weighted by molar-refractivity contribution is 0.138. The van der Waals surface area contributed by atoms with E-state index in [4.69, 9.17) is 8.84 Å². The Morgan fingerprint density at radius 1 is 1.07 bits per heavy atom. The Labute approximate surface area is 174 Å². The number of halogens is 1. The van der Waals surface area contributed by atoms with E-state index in [1.54, 1.807) is 6.26 Å². The van der Waals surface area contributed by atoms with Crippen molar-refractivity contribution in [2.45, 2.75) is 83.5 Å². The maximum absolute atomic E-state index is 6.64. The maximum atomic E-state index is 6.64. The molecule has 1 heterocycles. The van der Waals surface area contributed by atoms with Gasteiger partial charge in [0.25, 0.3) is 0 Å². The molecule has 0 saturated carbocycles. The molecular formula is C22H34BrNO2Si. The van der Waals surface area contributed by atoms with E-state index < -0.39 is 8.32 Å². The van der Waals surface area contributed by atoms with E-state index in [-0.39, 0.29) is 11.1 Å². The summed E-state index contributed by atoms with van der Waals surface area (Å²) in [7, 11) is -1.88. The summed E-state index contributed by atoms with van der Waals surface area (Å²) in [6.45, 7) is 11.4. The highest BCUT2D eigenvalue weighted by molar-refractivity contribution is 9.10. The molecule has 150 valence electrons. The Morgan fingerprint density at radius 3 is 2.33 bits per heavy atom. The van der Waals surface area contributed by atoms with E-state index >= 15 is 0 Å². The second-order valence-electron chi connectivity index (χ2n) is 8.81. The van der Waals surface area contributed by atoms with E-state index in [2.05, 4.69) is 85.1 Å². The van der Waals surface area contributed by atoms with Crippen LogP contribution in [0.4, 0.5) is 0 Å². The minimum atomic E-state index is -1.88. The summed E-state index contributed by atoms with van der Waals surface area (Å²) in [4.78, 5) is 4.48. The monoisotopic (exact) mass is 451 g/mol. The van der Waals surface area contributed by atoms with Crippen LogP contribution in [0.5, 0.6) is 0 Å². The second kappa shape index (κ2) is 10.0. The molecule has 1 aromatic carbocycles. The highest BCUT2D eigenvalue weighted by Crippen LogP contribution is 2.41. The van der Waals surface area contributed by atoms with Gasteiger partial charge in [-0.15, -0.1) is 0 Å². The van der Waals surface area contributed by atoms with E-state index in [1.165, 1.54) is 24.8 Å². The van der Waals surface area contributed by atoms with Gasteiger partial charge in [0.05, 0.1) is 0 Å². The van der Waals surface area contributed by atoms with Gasteiger partial charge in [-0.05, 0) is 58.9 Å². The second-order valence-corrected chi connectivity index (χ2v) is 14.4. The smallest absolute Gasteiger partial charge is 0.223 e. The number of rotatable bonds is 10. The van der Waals surface area contributed by atoms with Gasteiger partial charge in [0, 0.05) is 0 Å². The first-order valence-corrected chi connectivity index (χ1v) is 13.7. The summed E-state index contributed by atoms with van der Waals surface area (Å²) in [5, 5.41) is 0.171. The first-order chi connectivity index (χ1) is 12.7. The molecule has 0 aliphatic carbocycles. The summed E-state index contributed by atoms with van der Waals surface area (Å²) in [6, 6.07) is 10.7. The van der Waals surface area contributed by atoms with Crippen molar-refractivity contribution in [3.05, 3.63) is 52.7 Å². The standard InChI is InChI=1S/C22H34BrNO2Si/c1-22(2,3)27(4,5)26-19(21-24-20(23)17-25-21)16-12-7-6-9-13-18-14-10-8-11-15-18/h8,10-11,14-15,17,19H,6-7,9,12-13,16H2,1-5H3. The van der Waals surface area contributed by atoms with Gasteiger partial charge >= 0.3 is 0 Å². The van der Waals surface area contributed by atoms with Crippen molar-refractivity contribution >= 4 is 24.2 Å². The number of oxazole rings is 1. The van der Waals surface area contributed by atoms with Crippen LogP contribution in [0.25, 0.3) is 0 Å². The van der Waals surface area contributed by atoms with Gasteiger partial charge in [-0.1, -0.05) is 70.4 Å². The fourth-order valence-corrected chi connectivity index (χ4v) is 4.39. The topological polar surface area (TPSA) is 35.3 Å². The zero-order valence-corrected chi connectivity index (χ0v) is 20.0. The van der Waals surface area contributed by atoms with Crippen LogP contribution in [0, 0.1) is 0 Å². The molecule has 0 amide bonds. The van der Waals surface area contributed by atoms with Crippen LogP contribution >= 0.6 is 15.9 Å². The summed E-state index contributed by atoms with van der Waals surface area (Å²) in [5.74, 6) is 0.705. The fraction of sp³-hybridized carbons (Fsp3) is 0.591. The summed E-state index contributed by atoms with van der Waals surface area (Å²) < 4.78 is 13.0. The maximum Gasteiger partial charge on any atom is 0.223 e. The highest BCUT2D eigenvalue weighted by atomic mass is 79.9. The largest absolute Gasteiger partial charge is 0.445 e. The summed E-state index contributed by atoms with van der Waals surface area (Å²) in [5.41, 5.74) is 1.43. The third kappa shape index (κ3) is 7.20. The predicted molar refractivity (Wildman–Crippen MR) is 118 cm³/mol. The average molecular weight is 453 g/mol. The van der Waals surface area contributed by atoms with Crippen molar-refractivity contribution in [1.82, 2.24) is 4.98 Å². The SMILES string of the molecule is CC(C)(C)[Si](C)(C)OC(CCCCCCc1ccccc1)c1nc(Br)co1. The fourth-order valence-electron chi connectivity index (χ4n) is 2.84. The number of hydrogen-bond acceptors (Lipinski definition) is 3. The van der Waals surface area contributed by atoms with E-state index in [0.29, 0.717) is 5.89 Å². The van der Waals surface area contributed by atoms with Crippen LogP contribution in [0.2, 0.25) is 18.1 Å². The van der Waals surface area contributed by atoms with Gasteiger partial charge in [0.1, 0.15) is 17.0 Å². The Morgan fingerprint density at radius 2 is 1.74 bits per heavy atom. The zero-order valence-electron chi connectivity index (χ0n) is 17.4. The van der Waals surface area contributed by atoms with Crippen molar-refractivity contribution < 1.29 is 8.84 Å². The molecule has 0 spiro atoms. The lowest BCUT2D eigenvalue weighted by Gasteiger charge is -2.38. The number of nitrogens with zero attached hydrogens (tertiary/aromatic N) is 1. The molecule has 0 N–H and O–H groups in total. The van der Waals surface area contributed by atoms with Crippen molar-refractivity contribution in [2.75, 3.05) is 0 Å². The molecule has 0 aliphatic heterocycles. The van der Waals surface area contributed by atoms with Crippen LogP contribution in [-0.4, -0.2) is 13.3 Å². The first-order valence-electron chi connectivity index (χ1n) is 10.0. The third-order valence-electron chi connectivity index (χ3n) is 5.54. The molecular weight excluding hydrogens is 418 g/mol. The molecule has 2 rings (SSSR count). The molecule has 1 aromatic heterocycles.